The summed E-state index contributed by atoms with van der Waals surface area (Å²) in [7, 11) is 1.70. The number of aliphatic carboxylic acids is 1. The van der Waals surface area contributed by atoms with Crippen LogP contribution in [0, 0.1) is 5.41 Å². The van der Waals surface area contributed by atoms with E-state index >= 15 is 0 Å². The number of nitrogens with zero attached hydrogens (tertiary/aromatic N) is 1. The first-order chi connectivity index (χ1) is 8.30. The SMILES string of the molecule is CN(Cc1ccoc1)C(=O)CC(C)(C)CC(=O)O. The molecule has 1 heterocycles. The Kier molecular flexibility index (Phi) is 4.53. The molecule has 100 valence electrons. The molecule has 0 atom stereocenters. The molecule has 0 radical (unpaired) electrons. The molecule has 5 nitrogen and oxygen atoms in total. The molecule has 0 saturated carbocycles. The lowest BCUT2D eigenvalue weighted by Crippen LogP contribution is -2.31. The standard InChI is InChI=1S/C13H19NO4/c1-13(2,7-12(16)17)6-11(15)14(3)8-10-4-5-18-9-10/h4-5,9H,6-8H2,1-3H3,(H,16,17). The highest BCUT2D eigenvalue weighted by Crippen LogP contribution is 2.26. The number of carboxylic acid groups (broad SMARTS) is 1. The van der Waals surface area contributed by atoms with Crippen LogP contribution in [-0.2, 0) is 16.1 Å². The predicted molar refractivity (Wildman–Crippen MR) is 65.8 cm³/mol. The minimum absolute atomic E-state index is 0.0156. The van der Waals surface area contributed by atoms with E-state index in [1.807, 2.05) is 0 Å². The lowest BCUT2D eigenvalue weighted by atomic mass is 9.85. The van der Waals surface area contributed by atoms with Gasteiger partial charge in [0.15, 0.2) is 0 Å². The summed E-state index contributed by atoms with van der Waals surface area (Å²) in [4.78, 5) is 24.2. The van der Waals surface area contributed by atoms with Gasteiger partial charge in [-0.3, -0.25) is 9.59 Å². The first-order valence-electron chi connectivity index (χ1n) is 5.77. The van der Waals surface area contributed by atoms with Gasteiger partial charge in [-0.15, -0.1) is 0 Å². The molecule has 0 bridgehead atoms. The highest BCUT2D eigenvalue weighted by Gasteiger charge is 2.26. The Hall–Kier alpha value is -1.78. The smallest absolute Gasteiger partial charge is 0.303 e. The van der Waals surface area contributed by atoms with Crippen LogP contribution < -0.4 is 0 Å². The number of amides is 1. The highest BCUT2D eigenvalue weighted by molar-refractivity contribution is 5.77. The largest absolute Gasteiger partial charge is 0.481 e. The highest BCUT2D eigenvalue weighted by atomic mass is 16.4. The quantitative estimate of drug-likeness (QED) is 0.843. The summed E-state index contributed by atoms with van der Waals surface area (Å²) in [6, 6.07) is 1.80. The van der Waals surface area contributed by atoms with E-state index in [9.17, 15) is 9.59 Å². The molecule has 0 aromatic carbocycles. The molecule has 0 aliphatic heterocycles. The first kappa shape index (κ1) is 14.3. The van der Waals surface area contributed by atoms with E-state index in [4.69, 9.17) is 9.52 Å². The molecule has 1 aromatic rings. The third kappa shape index (κ3) is 4.61. The van der Waals surface area contributed by atoms with Gasteiger partial charge in [0, 0.05) is 25.6 Å². The third-order valence-corrected chi connectivity index (χ3v) is 2.69. The second-order valence-electron chi connectivity index (χ2n) is 5.29. The van der Waals surface area contributed by atoms with Crippen molar-refractivity contribution in [2.75, 3.05) is 7.05 Å². The normalized spacial score (nSPS) is 11.3. The lowest BCUT2D eigenvalue weighted by molar-refractivity contribution is -0.140. The topological polar surface area (TPSA) is 70.8 Å². The van der Waals surface area contributed by atoms with Crippen molar-refractivity contribution in [3.8, 4) is 0 Å². The Morgan fingerprint density at radius 1 is 1.39 bits per heavy atom. The van der Waals surface area contributed by atoms with E-state index < -0.39 is 11.4 Å². The summed E-state index contributed by atoms with van der Waals surface area (Å²) in [6.45, 7) is 4.04. The zero-order chi connectivity index (χ0) is 13.8. The van der Waals surface area contributed by atoms with Crippen LogP contribution in [-0.4, -0.2) is 28.9 Å². The predicted octanol–water partition coefficient (Wildman–Crippen LogP) is 2.13. The summed E-state index contributed by atoms with van der Waals surface area (Å²) >= 11 is 0. The van der Waals surface area contributed by atoms with E-state index in [0.717, 1.165) is 5.56 Å². The Balaban J connectivity index is 2.51. The monoisotopic (exact) mass is 253 g/mol. The lowest BCUT2D eigenvalue weighted by Gasteiger charge is -2.25. The summed E-state index contributed by atoms with van der Waals surface area (Å²) in [5.41, 5.74) is 0.384. The Morgan fingerprint density at radius 3 is 2.56 bits per heavy atom. The van der Waals surface area contributed by atoms with Crippen LogP contribution in [0.25, 0.3) is 0 Å². The summed E-state index contributed by atoms with van der Waals surface area (Å²) in [5.74, 6) is -0.951. The van der Waals surface area contributed by atoms with Crippen LogP contribution in [0.15, 0.2) is 23.0 Å². The van der Waals surface area contributed by atoms with Gasteiger partial charge in [-0.1, -0.05) is 13.8 Å². The zero-order valence-electron chi connectivity index (χ0n) is 11.0. The minimum Gasteiger partial charge on any atom is -0.481 e. The second kappa shape index (κ2) is 5.71. The summed E-state index contributed by atoms with van der Waals surface area (Å²) < 4.78 is 4.93. The minimum atomic E-state index is -0.884. The molecule has 1 N–H and O–H groups in total. The molecule has 1 rings (SSSR count). The third-order valence-electron chi connectivity index (χ3n) is 2.69. The second-order valence-corrected chi connectivity index (χ2v) is 5.29. The fraction of sp³-hybridized carbons (Fsp3) is 0.538. The average molecular weight is 253 g/mol. The van der Waals surface area contributed by atoms with Gasteiger partial charge in [-0.2, -0.15) is 0 Å². The molecular weight excluding hydrogens is 234 g/mol. The van der Waals surface area contributed by atoms with E-state index in [0.29, 0.717) is 6.54 Å². The van der Waals surface area contributed by atoms with E-state index in [1.54, 1.807) is 44.4 Å². The van der Waals surface area contributed by atoms with E-state index in [-0.39, 0.29) is 18.7 Å². The first-order valence-corrected chi connectivity index (χ1v) is 5.77. The molecule has 1 amide bonds. The fourth-order valence-electron chi connectivity index (χ4n) is 1.76. The molecule has 1 aromatic heterocycles. The maximum atomic E-state index is 12.0. The number of furan rings is 1. The van der Waals surface area contributed by atoms with Gasteiger partial charge in [-0.05, 0) is 11.5 Å². The average Bonchev–Trinajstić information content (AvgIpc) is 2.67. The van der Waals surface area contributed by atoms with E-state index in [2.05, 4.69) is 0 Å². The van der Waals surface area contributed by atoms with Gasteiger partial charge in [0.25, 0.3) is 0 Å². The fourth-order valence-corrected chi connectivity index (χ4v) is 1.76. The molecule has 5 heteroatoms. The van der Waals surface area contributed by atoms with Crippen LogP contribution in [0.1, 0.15) is 32.3 Å². The van der Waals surface area contributed by atoms with Gasteiger partial charge >= 0.3 is 5.97 Å². The van der Waals surface area contributed by atoms with Gasteiger partial charge < -0.3 is 14.4 Å². The Morgan fingerprint density at radius 2 is 2.06 bits per heavy atom. The molecular formula is C13H19NO4. The molecule has 0 spiro atoms. The van der Waals surface area contributed by atoms with Crippen molar-refractivity contribution in [1.29, 1.82) is 0 Å². The van der Waals surface area contributed by atoms with Crippen molar-refractivity contribution in [3.63, 3.8) is 0 Å². The van der Waals surface area contributed by atoms with Gasteiger partial charge in [0.05, 0.1) is 18.9 Å². The zero-order valence-corrected chi connectivity index (χ0v) is 11.0. The van der Waals surface area contributed by atoms with Crippen molar-refractivity contribution < 1.29 is 19.1 Å². The number of carbonyl (C=O) groups excluding carboxylic acids is 1. The van der Waals surface area contributed by atoms with Crippen LogP contribution in [0.5, 0.6) is 0 Å². The Bertz CT molecular complexity index is 409. The Labute approximate surface area is 106 Å². The molecule has 0 fully saturated rings. The molecule has 0 saturated heterocycles. The van der Waals surface area contributed by atoms with Crippen molar-refractivity contribution in [1.82, 2.24) is 4.90 Å². The van der Waals surface area contributed by atoms with Gasteiger partial charge in [0.1, 0.15) is 0 Å². The van der Waals surface area contributed by atoms with Gasteiger partial charge in [-0.25, -0.2) is 0 Å². The number of carbonyl (C=O) groups is 2. The van der Waals surface area contributed by atoms with Crippen molar-refractivity contribution in [2.45, 2.75) is 33.2 Å². The number of hydrogen-bond donors (Lipinski definition) is 1. The molecule has 18 heavy (non-hydrogen) atoms. The number of carboxylic acids is 1. The summed E-state index contributed by atoms with van der Waals surface area (Å²) in [5, 5.41) is 8.77. The van der Waals surface area contributed by atoms with Crippen molar-refractivity contribution >= 4 is 11.9 Å². The van der Waals surface area contributed by atoms with Crippen LogP contribution >= 0.6 is 0 Å². The molecule has 0 unspecified atom stereocenters. The maximum Gasteiger partial charge on any atom is 0.303 e. The number of hydrogen-bond acceptors (Lipinski definition) is 3. The molecule has 0 aliphatic rings. The van der Waals surface area contributed by atoms with Crippen molar-refractivity contribution in [3.05, 3.63) is 24.2 Å². The van der Waals surface area contributed by atoms with Crippen LogP contribution in [0.3, 0.4) is 0 Å². The number of rotatable bonds is 6. The van der Waals surface area contributed by atoms with E-state index in [1.165, 1.54) is 0 Å². The van der Waals surface area contributed by atoms with Crippen LogP contribution in [0.4, 0.5) is 0 Å². The maximum absolute atomic E-state index is 12.0. The van der Waals surface area contributed by atoms with Gasteiger partial charge in [0.2, 0.25) is 5.91 Å². The van der Waals surface area contributed by atoms with Crippen LogP contribution in [0.2, 0.25) is 0 Å². The van der Waals surface area contributed by atoms with Crippen molar-refractivity contribution in [2.24, 2.45) is 5.41 Å². The molecule has 0 aliphatic carbocycles. The summed E-state index contributed by atoms with van der Waals surface area (Å²) in [6.07, 6.45) is 3.35.